The molecule has 0 unspecified atom stereocenters. The molecule has 0 atom stereocenters. The second-order valence-electron chi connectivity index (χ2n) is 4.37. The van der Waals surface area contributed by atoms with Crippen LogP contribution < -0.4 is 5.32 Å². The number of carbonyl (C=O) groups excluding carboxylic acids is 1. The number of hydrogen-bond acceptors (Lipinski definition) is 5. The Morgan fingerprint density at radius 2 is 2.20 bits per heavy atom. The second kappa shape index (κ2) is 5.47. The van der Waals surface area contributed by atoms with Gasteiger partial charge in [0.05, 0.1) is 0 Å². The van der Waals surface area contributed by atoms with Crippen LogP contribution in [-0.2, 0) is 11.3 Å². The zero-order valence-electron chi connectivity index (χ0n) is 11.0. The Morgan fingerprint density at radius 1 is 1.45 bits per heavy atom. The van der Waals surface area contributed by atoms with E-state index in [1.807, 2.05) is 32.0 Å². The summed E-state index contributed by atoms with van der Waals surface area (Å²) in [6.45, 7) is 3.73. The van der Waals surface area contributed by atoms with Crippen LogP contribution >= 0.6 is 0 Å². The number of anilines is 1. The van der Waals surface area contributed by atoms with Crippen molar-refractivity contribution in [3.05, 3.63) is 45.8 Å². The number of nitro groups is 1. The zero-order valence-corrected chi connectivity index (χ0v) is 11.0. The first kappa shape index (κ1) is 13.7. The highest BCUT2D eigenvalue weighted by molar-refractivity contribution is 5.91. The van der Waals surface area contributed by atoms with Crippen molar-refractivity contribution >= 4 is 17.5 Å². The third-order valence-corrected chi connectivity index (χ3v) is 2.65. The van der Waals surface area contributed by atoms with E-state index < -0.39 is 10.9 Å². The van der Waals surface area contributed by atoms with Gasteiger partial charge in [0.1, 0.15) is 6.54 Å². The molecule has 8 nitrogen and oxygen atoms in total. The molecule has 8 heteroatoms. The van der Waals surface area contributed by atoms with E-state index >= 15 is 0 Å². The van der Waals surface area contributed by atoms with Crippen LogP contribution in [0.4, 0.5) is 11.6 Å². The number of aryl methyl sites for hydroxylation is 2. The molecule has 1 heterocycles. The van der Waals surface area contributed by atoms with E-state index in [1.165, 1.54) is 0 Å². The molecule has 0 aliphatic carbocycles. The van der Waals surface area contributed by atoms with Crippen molar-refractivity contribution in [2.24, 2.45) is 0 Å². The summed E-state index contributed by atoms with van der Waals surface area (Å²) in [6.07, 6.45) is 1.15. The smallest absolute Gasteiger partial charge is 0.390 e. The number of hydrogen-bond donors (Lipinski definition) is 1. The maximum absolute atomic E-state index is 11.8. The van der Waals surface area contributed by atoms with Gasteiger partial charge in [0, 0.05) is 10.8 Å². The van der Waals surface area contributed by atoms with E-state index in [9.17, 15) is 14.9 Å². The van der Waals surface area contributed by atoms with Crippen LogP contribution in [0.15, 0.2) is 24.5 Å². The summed E-state index contributed by atoms with van der Waals surface area (Å²) in [7, 11) is 0. The lowest BCUT2D eigenvalue weighted by molar-refractivity contribution is -0.394. The molecule has 0 radical (unpaired) electrons. The summed E-state index contributed by atoms with van der Waals surface area (Å²) in [6, 6.07) is 5.66. The Morgan fingerprint density at radius 3 is 2.80 bits per heavy atom. The molecular weight excluding hydrogens is 262 g/mol. The average molecular weight is 275 g/mol. The van der Waals surface area contributed by atoms with Crippen LogP contribution in [0.1, 0.15) is 11.1 Å². The predicted molar refractivity (Wildman–Crippen MR) is 71.2 cm³/mol. The number of amides is 1. The molecule has 0 bridgehead atoms. The van der Waals surface area contributed by atoms with E-state index in [0.29, 0.717) is 5.69 Å². The fraction of sp³-hybridized carbons (Fsp3) is 0.250. The van der Waals surface area contributed by atoms with Gasteiger partial charge in [0.15, 0.2) is 0 Å². The summed E-state index contributed by atoms with van der Waals surface area (Å²) in [4.78, 5) is 25.0. The first-order valence-corrected chi connectivity index (χ1v) is 5.86. The minimum atomic E-state index is -0.710. The Bertz CT molecular complexity index is 665. The maximum atomic E-state index is 11.8. The highest BCUT2D eigenvalue weighted by Gasteiger charge is 2.15. The molecule has 1 amide bonds. The van der Waals surface area contributed by atoms with Gasteiger partial charge in [0.2, 0.25) is 12.2 Å². The van der Waals surface area contributed by atoms with Gasteiger partial charge in [-0.15, -0.1) is 0 Å². The van der Waals surface area contributed by atoms with Crippen LogP contribution in [-0.4, -0.2) is 25.6 Å². The first-order valence-electron chi connectivity index (χ1n) is 5.86. The van der Waals surface area contributed by atoms with Crippen molar-refractivity contribution in [3.63, 3.8) is 0 Å². The van der Waals surface area contributed by atoms with E-state index in [2.05, 4.69) is 15.4 Å². The minimum Gasteiger partial charge on any atom is -0.390 e. The molecule has 2 aromatic rings. The van der Waals surface area contributed by atoms with Gasteiger partial charge in [-0.1, -0.05) is 22.7 Å². The summed E-state index contributed by atoms with van der Waals surface area (Å²) in [5.74, 6) is -0.846. The van der Waals surface area contributed by atoms with Crippen molar-refractivity contribution in [3.8, 4) is 0 Å². The Balaban J connectivity index is 2.03. The second-order valence-corrected chi connectivity index (χ2v) is 4.37. The number of rotatable bonds is 4. The van der Waals surface area contributed by atoms with E-state index in [1.54, 1.807) is 0 Å². The van der Waals surface area contributed by atoms with Gasteiger partial charge in [-0.25, -0.2) is 0 Å². The molecule has 0 saturated heterocycles. The largest absolute Gasteiger partial charge is 0.490 e. The first-order chi connectivity index (χ1) is 9.45. The quantitative estimate of drug-likeness (QED) is 0.671. The Hall–Kier alpha value is -2.77. The number of aromatic nitrogens is 3. The van der Waals surface area contributed by atoms with Crippen LogP contribution in [0, 0.1) is 24.0 Å². The minimum absolute atomic E-state index is 0.131. The highest BCUT2D eigenvalue weighted by atomic mass is 16.6. The van der Waals surface area contributed by atoms with Gasteiger partial charge in [-0.05, 0) is 30.4 Å². The fourth-order valence-corrected chi connectivity index (χ4v) is 1.74. The molecule has 0 saturated carbocycles. The molecule has 1 N–H and O–H groups in total. The average Bonchev–Trinajstić information content (AvgIpc) is 2.81. The van der Waals surface area contributed by atoms with Gasteiger partial charge in [0.25, 0.3) is 0 Å². The summed E-state index contributed by atoms with van der Waals surface area (Å²) in [5, 5.41) is 16.7. The topological polar surface area (TPSA) is 103 Å². The Labute approximate surface area is 114 Å². The molecule has 2 rings (SSSR count). The zero-order chi connectivity index (χ0) is 14.7. The molecule has 20 heavy (non-hydrogen) atoms. The fourth-order valence-electron chi connectivity index (χ4n) is 1.74. The highest BCUT2D eigenvalue weighted by Crippen LogP contribution is 2.15. The normalized spacial score (nSPS) is 10.3. The van der Waals surface area contributed by atoms with E-state index in [4.69, 9.17) is 0 Å². The van der Waals surface area contributed by atoms with Crippen LogP contribution in [0.2, 0.25) is 0 Å². The summed E-state index contributed by atoms with van der Waals surface area (Å²) >= 11 is 0. The van der Waals surface area contributed by atoms with Crippen molar-refractivity contribution < 1.29 is 9.72 Å². The number of nitrogens with zero attached hydrogens (tertiary/aromatic N) is 4. The van der Waals surface area contributed by atoms with Crippen molar-refractivity contribution in [2.45, 2.75) is 20.4 Å². The van der Waals surface area contributed by atoms with Crippen LogP contribution in [0.25, 0.3) is 0 Å². The van der Waals surface area contributed by atoms with Crippen LogP contribution in [0.3, 0.4) is 0 Å². The van der Waals surface area contributed by atoms with E-state index in [0.717, 1.165) is 22.1 Å². The Kier molecular flexibility index (Phi) is 3.74. The van der Waals surface area contributed by atoms with Crippen molar-refractivity contribution in [1.82, 2.24) is 14.8 Å². The molecule has 0 spiro atoms. The lowest BCUT2D eigenvalue weighted by atomic mass is 10.1. The van der Waals surface area contributed by atoms with E-state index in [-0.39, 0.29) is 12.5 Å². The van der Waals surface area contributed by atoms with Gasteiger partial charge in [-0.2, -0.15) is 4.68 Å². The van der Waals surface area contributed by atoms with Crippen LogP contribution in [0.5, 0.6) is 0 Å². The lowest BCUT2D eigenvalue weighted by Crippen LogP contribution is -2.19. The number of nitrogens with one attached hydrogen (secondary N) is 1. The van der Waals surface area contributed by atoms with Crippen molar-refractivity contribution in [2.75, 3.05) is 5.32 Å². The molecule has 1 aromatic carbocycles. The van der Waals surface area contributed by atoms with Gasteiger partial charge >= 0.3 is 5.95 Å². The lowest BCUT2D eigenvalue weighted by Gasteiger charge is -2.08. The summed E-state index contributed by atoms with van der Waals surface area (Å²) < 4.78 is 1.12. The standard InChI is InChI=1S/C12H13N5O3/c1-8-3-4-10(9(2)5-8)14-11(18)6-16-7-13-12(15-16)17(19)20/h3-5,7H,6H2,1-2H3,(H,14,18). The number of benzene rings is 1. The predicted octanol–water partition coefficient (Wildman–Crippen LogP) is 1.44. The maximum Gasteiger partial charge on any atom is 0.490 e. The molecule has 104 valence electrons. The molecule has 0 aliphatic heterocycles. The van der Waals surface area contributed by atoms with Gasteiger partial charge < -0.3 is 15.4 Å². The summed E-state index contributed by atoms with van der Waals surface area (Å²) in [5.41, 5.74) is 2.76. The van der Waals surface area contributed by atoms with Crippen molar-refractivity contribution in [1.29, 1.82) is 0 Å². The third-order valence-electron chi connectivity index (χ3n) is 2.65. The monoisotopic (exact) mass is 275 g/mol. The SMILES string of the molecule is Cc1ccc(NC(=O)Cn2cnc([N+](=O)[O-])n2)c(C)c1. The molecular formula is C12H13N5O3. The molecule has 0 aliphatic rings. The molecule has 1 aromatic heterocycles. The number of carbonyl (C=O) groups is 1. The molecule has 0 fully saturated rings. The van der Waals surface area contributed by atoms with Gasteiger partial charge in [-0.3, -0.25) is 4.79 Å². The third kappa shape index (κ3) is 3.16.